The summed E-state index contributed by atoms with van der Waals surface area (Å²) in [6.07, 6.45) is 0. The van der Waals surface area contributed by atoms with E-state index >= 15 is 0 Å². The summed E-state index contributed by atoms with van der Waals surface area (Å²) in [6, 6.07) is 0. The Bertz CT molecular complexity index is 335. The van der Waals surface area contributed by atoms with Crippen LogP contribution in [0.4, 0.5) is 0 Å². The Kier molecular flexibility index (Phi) is 4.69. The van der Waals surface area contributed by atoms with E-state index in [2.05, 4.69) is 9.68 Å². The molecule has 13 heteroatoms. The number of nitro groups is 1. The first-order valence-corrected chi connectivity index (χ1v) is 4.18. The van der Waals surface area contributed by atoms with Crippen LogP contribution < -0.4 is 0 Å². The van der Waals surface area contributed by atoms with Crippen molar-refractivity contribution in [3.8, 4) is 0 Å². The highest BCUT2D eigenvalue weighted by Gasteiger charge is 2.67. The van der Waals surface area contributed by atoms with Crippen molar-refractivity contribution in [1.29, 1.82) is 0 Å². The van der Waals surface area contributed by atoms with Gasteiger partial charge in [0.2, 0.25) is 0 Å². The molecule has 0 spiro atoms. The zero-order chi connectivity index (χ0) is 14.6. The molecule has 0 radical (unpaired) electrons. The minimum atomic E-state index is -3.68. The first-order valence-electron chi connectivity index (χ1n) is 4.18. The van der Waals surface area contributed by atoms with Crippen molar-refractivity contribution >= 4 is 0 Å². The monoisotopic (exact) mass is 271 g/mol. The Balaban J connectivity index is 5.80. The number of hydrogen-bond donors (Lipinski definition) is 2. The minimum absolute atomic E-state index is 0.739. The molecule has 0 aromatic carbocycles. The molecule has 0 unspecified atom stereocenters. The summed E-state index contributed by atoms with van der Waals surface area (Å²) in [5.41, 5.74) is -2.43. The van der Waals surface area contributed by atoms with Gasteiger partial charge < -0.3 is 10.2 Å². The first-order chi connectivity index (χ1) is 8.15. The molecule has 0 aliphatic heterocycles. The molecule has 13 nitrogen and oxygen atoms in total. The van der Waals surface area contributed by atoms with Gasteiger partial charge in [-0.05, 0) is 6.92 Å². The summed E-state index contributed by atoms with van der Waals surface area (Å²) in [5.74, 6) is -3.68. The number of nitrogens with zero attached hydrogens (tertiary/aromatic N) is 3. The Morgan fingerprint density at radius 3 is 1.50 bits per heavy atom. The van der Waals surface area contributed by atoms with Crippen LogP contribution in [0.2, 0.25) is 0 Å². The third-order valence-corrected chi connectivity index (χ3v) is 2.10. The maximum atomic E-state index is 10.8. The lowest BCUT2D eigenvalue weighted by molar-refractivity contribution is -0.968. The van der Waals surface area contributed by atoms with Crippen LogP contribution in [0.25, 0.3) is 0 Å². The van der Waals surface area contributed by atoms with Crippen LogP contribution in [-0.2, 0) is 9.68 Å². The molecule has 0 fully saturated rings. The Hall–Kier alpha value is -2.28. The van der Waals surface area contributed by atoms with E-state index in [-0.39, 0.29) is 0 Å². The summed E-state index contributed by atoms with van der Waals surface area (Å²) in [6.45, 7) is -1.75. The molecule has 0 amide bonds. The van der Waals surface area contributed by atoms with E-state index in [0.29, 0.717) is 0 Å². The zero-order valence-electron chi connectivity index (χ0n) is 8.92. The highest BCUT2D eigenvalue weighted by atomic mass is 17.1. The summed E-state index contributed by atoms with van der Waals surface area (Å²) in [4.78, 5) is 36.7. The van der Waals surface area contributed by atoms with Gasteiger partial charge in [-0.2, -0.15) is 0 Å². The van der Waals surface area contributed by atoms with Gasteiger partial charge in [0.05, 0.1) is 18.1 Å². The quantitative estimate of drug-likeness (QED) is 0.293. The highest BCUT2D eigenvalue weighted by Crippen LogP contribution is 2.36. The van der Waals surface area contributed by atoms with E-state index in [1.807, 2.05) is 0 Å². The lowest BCUT2D eigenvalue weighted by atomic mass is 9.88. The predicted octanol–water partition coefficient (Wildman–Crippen LogP) is -1.68. The molecule has 0 aliphatic rings. The van der Waals surface area contributed by atoms with Gasteiger partial charge in [-0.15, -0.1) is 20.2 Å². The molecule has 0 heterocycles. The molecule has 18 heavy (non-hydrogen) atoms. The van der Waals surface area contributed by atoms with Gasteiger partial charge in [0, 0.05) is 0 Å². The Labute approximate surface area is 97.9 Å². The lowest BCUT2D eigenvalue weighted by Gasteiger charge is -2.33. The SMILES string of the molecule is CC(CO)(CO)C(O[N+](=O)[O-])(O[N+](=O)[O-])[N+](=O)[O-]. The van der Waals surface area contributed by atoms with Gasteiger partial charge in [0.15, 0.2) is 0 Å². The van der Waals surface area contributed by atoms with Crippen molar-refractivity contribution in [2.45, 2.75) is 12.8 Å². The molecule has 0 aromatic heterocycles. The average molecular weight is 271 g/mol. The maximum absolute atomic E-state index is 10.8. The van der Waals surface area contributed by atoms with Gasteiger partial charge in [0.1, 0.15) is 5.41 Å². The van der Waals surface area contributed by atoms with E-state index in [9.17, 15) is 30.3 Å². The van der Waals surface area contributed by atoms with Crippen molar-refractivity contribution in [3.63, 3.8) is 0 Å². The van der Waals surface area contributed by atoms with Crippen LogP contribution in [0.15, 0.2) is 0 Å². The van der Waals surface area contributed by atoms with Crippen LogP contribution in [0.5, 0.6) is 0 Å². The second kappa shape index (κ2) is 5.37. The average Bonchev–Trinajstić information content (AvgIpc) is 2.25. The van der Waals surface area contributed by atoms with Crippen molar-refractivity contribution in [3.05, 3.63) is 30.3 Å². The van der Waals surface area contributed by atoms with E-state index in [0.717, 1.165) is 6.92 Å². The molecule has 0 atom stereocenters. The molecule has 2 N–H and O–H groups in total. The zero-order valence-corrected chi connectivity index (χ0v) is 8.92. The van der Waals surface area contributed by atoms with Gasteiger partial charge >= 0.3 is 16.1 Å². The van der Waals surface area contributed by atoms with Gasteiger partial charge in [-0.1, -0.05) is 0 Å². The topological polar surface area (TPSA) is 188 Å². The second-order valence-electron chi connectivity index (χ2n) is 3.35. The minimum Gasteiger partial charge on any atom is -0.395 e. The molecule has 0 aliphatic carbocycles. The molecule has 104 valence electrons. The van der Waals surface area contributed by atoms with Gasteiger partial charge in [-0.3, -0.25) is 10.1 Å². The van der Waals surface area contributed by atoms with Crippen molar-refractivity contribution < 1.29 is 35.0 Å². The first kappa shape index (κ1) is 15.7. The molecule has 0 saturated carbocycles. The summed E-state index contributed by atoms with van der Waals surface area (Å²) in [7, 11) is 0. The second-order valence-corrected chi connectivity index (χ2v) is 3.35. The predicted molar refractivity (Wildman–Crippen MR) is 48.2 cm³/mol. The number of rotatable bonds is 8. The van der Waals surface area contributed by atoms with Crippen LogP contribution in [-0.4, -0.2) is 44.4 Å². The summed E-state index contributed by atoms with van der Waals surface area (Å²) < 4.78 is 0. The van der Waals surface area contributed by atoms with Crippen molar-refractivity contribution in [1.82, 2.24) is 0 Å². The van der Waals surface area contributed by atoms with E-state index < -0.39 is 39.6 Å². The fraction of sp³-hybridized carbons (Fsp3) is 1.00. The number of hydrogen-bond acceptors (Lipinski definition) is 10. The van der Waals surface area contributed by atoms with Crippen LogP contribution >= 0.6 is 0 Å². The van der Waals surface area contributed by atoms with Crippen LogP contribution in [0, 0.1) is 35.8 Å². The summed E-state index contributed by atoms with van der Waals surface area (Å²) >= 11 is 0. The maximum Gasteiger partial charge on any atom is 0.520 e. The van der Waals surface area contributed by atoms with E-state index in [1.165, 1.54) is 0 Å². The molecule has 0 bridgehead atoms. The van der Waals surface area contributed by atoms with Crippen LogP contribution in [0.3, 0.4) is 0 Å². The normalized spacial score (nSPS) is 11.7. The fourth-order valence-electron chi connectivity index (χ4n) is 0.976. The van der Waals surface area contributed by atoms with Gasteiger partial charge in [-0.25, -0.2) is 9.68 Å². The van der Waals surface area contributed by atoms with Gasteiger partial charge in [0.25, 0.3) is 0 Å². The van der Waals surface area contributed by atoms with Crippen molar-refractivity contribution in [2.24, 2.45) is 5.41 Å². The Morgan fingerprint density at radius 2 is 1.33 bits per heavy atom. The third kappa shape index (κ3) is 2.69. The number of aliphatic hydroxyl groups excluding tert-OH is 2. The van der Waals surface area contributed by atoms with E-state index in [1.54, 1.807) is 0 Å². The van der Waals surface area contributed by atoms with E-state index in [4.69, 9.17) is 10.2 Å². The third-order valence-electron chi connectivity index (χ3n) is 2.10. The molecular formula is C5H9N3O10. The van der Waals surface area contributed by atoms with Crippen LogP contribution in [0.1, 0.15) is 6.92 Å². The lowest BCUT2D eigenvalue weighted by Crippen LogP contribution is -2.61. The fourth-order valence-corrected chi connectivity index (χ4v) is 0.976. The number of aliphatic hydroxyl groups is 2. The summed E-state index contributed by atoms with van der Waals surface area (Å²) in [5, 5.41) is 45.6. The van der Waals surface area contributed by atoms with Crippen molar-refractivity contribution in [2.75, 3.05) is 13.2 Å². The smallest absolute Gasteiger partial charge is 0.395 e. The standard InChI is InChI=1S/C5H9N3O10/c1-4(2-9,3-10)5(6(11)12,17-7(13)14)18-8(15)16/h9-10H,2-3H2,1H3. The largest absolute Gasteiger partial charge is 0.520 e. The molecular weight excluding hydrogens is 262 g/mol. The molecule has 0 saturated heterocycles. The molecule has 0 rings (SSSR count). The Morgan fingerprint density at radius 1 is 1.00 bits per heavy atom. The molecule has 0 aromatic rings. The highest BCUT2D eigenvalue weighted by molar-refractivity contribution is 4.81.